The van der Waals surface area contributed by atoms with Crippen LogP contribution in [0.15, 0.2) is 42.9 Å². The number of hydrogen-bond acceptors (Lipinski definition) is 6. The van der Waals surface area contributed by atoms with Crippen molar-refractivity contribution < 1.29 is 9.90 Å². The van der Waals surface area contributed by atoms with Crippen LogP contribution in [0, 0.1) is 6.92 Å². The Morgan fingerprint density at radius 1 is 1.23 bits per heavy atom. The highest BCUT2D eigenvalue weighted by molar-refractivity contribution is 6.08. The number of carbonyl (C=O) groups is 1. The molecular formula is C22H26N6O2. The average Bonchev–Trinajstić information content (AvgIpc) is 3.22. The smallest absolute Gasteiger partial charge is 0.259 e. The molecule has 0 spiro atoms. The van der Waals surface area contributed by atoms with Crippen molar-refractivity contribution in [2.24, 2.45) is 0 Å². The fourth-order valence-corrected chi connectivity index (χ4v) is 3.71. The number of pyridine rings is 1. The van der Waals surface area contributed by atoms with E-state index in [2.05, 4.69) is 27.3 Å². The molecule has 8 nitrogen and oxygen atoms in total. The number of hydrogen-bond donors (Lipinski definition) is 3. The zero-order valence-corrected chi connectivity index (χ0v) is 17.2. The van der Waals surface area contributed by atoms with Gasteiger partial charge in [-0.25, -0.2) is 4.98 Å². The van der Waals surface area contributed by atoms with E-state index in [0.29, 0.717) is 17.3 Å². The SMILES string of the molecule is Cc1cccc(NC(=O)c2cc(-c3cnn(C4CCN(C)CC4)c3)cnc2N)c1O. The number of nitrogen functional groups attached to an aromatic ring is 1. The van der Waals surface area contributed by atoms with Gasteiger partial charge in [-0.15, -0.1) is 0 Å². The van der Waals surface area contributed by atoms with Crippen LogP contribution < -0.4 is 11.1 Å². The van der Waals surface area contributed by atoms with Crippen molar-refractivity contribution >= 4 is 17.4 Å². The molecule has 1 aliphatic heterocycles. The lowest BCUT2D eigenvalue weighted by atomic mass is 10.1. The Labute approximate surface area is 175 Å². The third kappa shape index (κ3) is 3.99. The van der Waals surface area contributed by atoms with E-state index in [-0.39, 0.29) is 17.1 Å². The van der Waals surface area contributed by atoms with Gasteiger partial charge in [0.05, 0.1) is 23.5 Å². The molecule has 0 unspecified atom stereocenters. The van der Waals surface area contributed by atoms with Crippen LogP contribution in [-0.4, -0.2) is 50.8 Å². The topological polar surface area (TPSA) is 109 Å². The molecular weight excluding hydrogens is 380 g/mol. The van der Waals surface area contributed by atoms with Crippen LogP contribution in [0.1, 0.15) is 34.8 Å². The predicted octanol–water partition coefficient (Wildman–Crippen LogP) is 3.06. The number of aryl methyl sites for hydroxylation is 1. The second-order valence-corrected chi connectivity index (χ2v) is 7.83. The molecule has 4 rings (SSSR count). The minimum atomic E-state index is -0.426. The van der Waals surface area contributed by atoms with E-state index in [1.165, 1.54) is 0 Å². The third-order valence-corrected chi connectivity index (χ3v) is 5.65. The van der Waals surface area contributed by atoms with E-state index in [1.54, 1.807) is 43.6 Å². The fraction of sp³-hybridized carbons (Fsp3) is 0.318. The zero-order valence-electron chi connectivity index (χ0n) is 17.2. The number of nitrogens with zero attached hydrogens (tertiary/aromatic N) is 4. The third-order valence-electron chi connectivity index (χ3n) is 5.65. The van der Waals surface area contributed by atoms with E-state index in [0.717, 1.165) is 37.1 Å². The van der Waals surface area contributed by atoms with Crippen LogP contribution in [0.5, 0.6) is 5.75 Å². The number of phenolic OH excluding ortho intramolecular Hbond substituents is 1. The van der Waals surface area contributed by atoms with Crippen LogP contribution in [-0.2, 0) is 0 Å². The van der Waals surface area contributed by atoms with Crippen LogP contribution in [0.2, 0.25) is 0 Å². The number of phenols is 1. The summed E-state index contributed by atoms with van der Waals surface area (Å²) < 4.78 is 2.00. The number of likely N-dealkylation sites (tertiary alicyclic amines) is 1. The van der Waals surface area contributed by atoms with Gasteiger partial charge >= 0.3 is 0 Å². The molecule has 2 aromatic heterocycles. The van der Waals surface area contributed by atoms with Crippen molar-refractivity contribution in [3.8, 4) is 16.9 Å². The zero-order chi connectivity index (χ0) is 21.3. The molecule has 0 atom stereocenters. The van der Waals surface area contributed by atoms with Crippen molar-refractivity contribution in [3.05, 3.63) is 54.0 Å². The Bertz CT molecular complexity index is 1070. The summed E-state index contributed by atoms with van der Waals surface area (Å²) in [7, 11) is 2.13. The number of rotatable bonds is 4. The summed E-state index contributed by atoms with van der Waals surface area (Å²) in [6.45, 7) is 3.88. The van der Waals surface area contributed by atoms with Crippen molar-refractivity contribution in [3.63, 3.8) is 0 Å². The Hall–Kier alpha value is -3.39. The van der Waals surface area contributed by atoms with Crippen LogP contribution in [0.25, 0.3) is 11.1 Å². The van der Waals surface area contributed by atoms with Gasteiger partial charge in [0.1, 0.15) is 11.6 Å². The van der Waals surface area contributed by atoms with Gasteiger partial charge in [-0.05, 0) is 57.6 Å². The molecule has 8 heteroatoms. The number of aromatic hydroxyl groups is 1. The Morgan fingerprint density at radius 2 is 2.00 bits per heavy atom. The summed E-state index contributed by atoms with van der Waals surface area (Å²) in [6.07, 6.45) is 7.56. The fourth-order valence-electron chi connectivity index (χ4n) is 3.71. The molecule has 1 saturated heterocycles. The van der Waals surface area contributed by atoms with Gasteiger partial charge in [-0.3, -0.25) is 9.48 Å². The highest BCUT2D eigenvalue weighted by Crippen LogP contribution is 2.29. The number of amides is 1. The lowest BCUT2D eigenvalue weighted by Crippen LogP contribution is -2.31. The molecule has 1 aromatic carbocycles. The summed E-state index contributed by atoms with van der Waals surface area (Å²) >= 11 is 0. The van der Waals surface area contributed by atoms with Gasteiger partial charge in [0.25, 0.3) is 5.91 Å². The molecule has 1 fully saturated rings. The van der Waals surface area contributed by atoms with Gasteiger partial charge in [-0.1, -0.05) is 12.1 Å². The second kappa shape index (κ2) is 8.16. The number of anilines is 2. The molecule has 0 radical (unpaired) electrons. The highest BCUT2D eigenvalue weighted by Gasteiger charge is 2.20. The summed E-state index contributed by atoms with van der Waals surface area (Å²) in [5.74, 6) is -0.260. The van der Waals surface area contributed by atoms with E-state index in [9.17, 15) is 9.90 Å². The maximum Gasteiger partial charge on any atom is 0.259 e. The summed E-state index contributed by atoms with van der Waals surface area (Å²) in [4.78, 5) is 19.3. The van der Waals surface area contributed by atoms with E-state index < -0.39 is 5.91 Å². The van der Waals surface area contributed by atoms with Gasteiger partial charge in [0.2, 0.25) is 0 Å². The molecule has 30 heavy (non-hydrogen) atoms. The van der Waals surface area contributed by atoms with Gasteiger partial charge < -0.3 is 21.1 Å². The minimum Gasteiger partial charge on any atom is -0.505 e. The van der Waals surface area contributed by atoms with Gasteiger partial charge in [0.15, 0.2) is 0 Å². The quantitative estimate of drug-likeness (QED) is 0.575. The number of nitrogens with two attached hydrogens (primary N) is 1. The number of carbonyl (C=O) groups excluding carboxylic acids is 1. The molecule has 1 amide bonds. The number of para-hydroxylation sites is 1. The maximum absolute atomic E-state index is 12.8. The number of piperidine rings is 1. The maximum atomic E-state index is 12.8. The van der Waals surface area contributed by atoms with Crippen molar-refractivity contribution in [2.45, 2.75) is 25.8 Å². The van der Waals surface area contributed by atoms with Crippen LogP contribution in [0.3, 0.4) is 0 Å². The van der Waals surface area contributed by atoms with Crippen molar-refractivity contribution in [2.75, 3.05) is 31.2 Å². The minimum absolute atomic E-state index is 0.0351. The van der Waals surface area contributed by atoms with Crippen molar-refractivity contribution in [1.82, 2.24) is 19.7 Å². The molecule has 156 valence electrons. The predicted molar refractivity (Wildman–Crippen MR) is 116 cm³/mol. The normalized spacial score (nSPS) is 15.3. The Balaban J connectivity index is 1.56. The average molecular weight is 406 g/mol. The van der Waals surface area contributed by atoms with Gasteiger partial charge in [0, 0.05) is 23.5 Å². The lowest BCUT2D eigenvalue weighted by molar-refractivity contribution is 0.102. The number of benzene rings is 1. The first kappa shape index (κ1) is 19.9. The highest BCUT2D eigenvalue weighted by atomic mass is 16.3. The first-order valence-electron chi connectivity index (χ1n) is 10.0. The molecule has 0 bridgehead atoms. The largest absolute Gasteiger partial charge is 0.505 e. The van der Waals surface area contributed by atoms with E-state index >= 15 is 0 Å². The molecule has 0 aliphatic carbocycles. The van der Waals surface area contributed by atoms with Crippen molar-refractivity contribution in [1.29, 1.82) is 0 Å². The summed E-state index contributed by atoms with van der Waals surface area (Å²) in [5.41, 5.74) is 8.87. The summed E-state index contributed by atoms with van der Waals surface area (Å²) in [5, 5.41) is 17.4. The Morgan fingerprint density at radius 3 is 2.77 bits per heavy atom. The molecule has 4 N–H and O–H groups in total. The molecule has 0 saturated carbocycles. The first-order valence-corrected chi connectivity index (χ1v) is 10.0. The standard InChI is InChI=1S/C22H26N6O2/c1-14-4-3-5-19(20(14)29)26-22(30)18-10-15(11-24-21(18)23)16-12-25-28(13-16)17-6-8-27(2)9-7-17/h3-5,10-13,17,29H,6-9H2,1-2H3,(H2,23,24)(H,26,30). The summed E-state index contributed by atoms with van der Waals surface area (Å²) in [6, 6.07) is 7.26. The second-order valence-electron chi connectivity index (χ2n) is 7.83. The monoisotopic (exact) mass is 406 g/mol. The lowest BCUT2D eigenvalue weighted by Gasteiger charge is -2.28. The van der Waals surface area contributed by atoms with Crippen LogP contribution in [0.4, 0.5) is 11.5 Å². The molecule has 3 aromatic rings. The Kier molecular flexibility index (Phi) is 5.41. The number of aromatic nitrogens is 3. The molecule has 1 aliphatic rings. The van der Waals surface area contributed by atoms with Gasteiger partial charge in [-0.2, -0.15) is 5.10 Å². The van der Waals surface area contributed by atoms with Crippen LogP contribution >= 0.6 is 0 Å². The van der Waals surface area contributed by atoms with E-state index in [1.807, 2.05) is 10.9 Å². The molecule has 3 heterocycles. The van der Waals surface area contributed by atoms with E-state index in [4.69, 9.17) is 5.73 Å². The first-order chi connectivity index (χ1) is 14.4. The number of nitrogens with one attached hydrogen (secondary N) is 1.